The summed E-state index contributed by atoms with van der Waals surface area (Å²) in [4.78, 5) is 11.7. The minimum atomic E-state index is -0.572. The minimum Gasteiger partial charge on any atom is -0.462 e. The molecule has 0 unspecified atom stereocenters. The van der Waals surface area contributed by atoms with E-state index in [9.17, 15) is 4.79 Å². The standard InChI is InChI=1S/C18H22N2O2/c1-3-22-18(21)15(12-19)11-14-8-9-17(10-13(14)2)20-16-6-4-5-7-16/h8-11,16,20H,3-7H2,1-2H3/b15-11+. The molecule has 1 aromatic carbocycles. The van der Waals surface area contributed by atoms with E-state index in [2.05, 4.69) is 11.4 Å². The first-order valence-corrected chi connectivity index (χ1v) is 7.80. The van der Waals surface area contributed by atoms with Crippen molar-refractivity contribution < 1.29 is 9.53 Å². The number of aryl methyl sites for hydroxylation is 1. The third-order valence-corrected chi connectivity index (χ3v) is 3.91. The highest BCUT2D eigenvalue weighted by molar-refractivity contribution is 5.98. The number of ether oxygens (including phenoxy) is 1. The molecule has 116 valence electrons. The highest BCUT2D eigenvalue weighted by atomic mass is 16.5. The quantitative estimate of drug-likeness (QED) is 0.510. The van der Waals surface area contributed by atoms with Crippen molar-refractivity contribution in [2.24, 2.45) is 0 Å². The fourth-order valence-corrected chi connectivity index (χ4v) is 2.73. The Morgan fingerprint density at radius 3 is 2.77 bits per heavy atom. The predicted molar refractivity (Wildman–Crippen MR) is 87.3 cm³/mol. The highest BCUT2D eigenvalue weighted by Crippen LogP contribution is 2.24. The molecule has 1 N–H and O–H groups in total. The fraction of sp³-hybridized carbons (Fsp3) is 0.444. The topological polar surface area (TPSA) is 62.1 Å². The summed E-state index contributed by atoms with van der Waals surface area (Å²) in [6.45, 7) is 3.97. The molecule has 0 aliphatic heterocycles. The summed E-state index contributed by atoms with van der Waals surface area (Å²) in [5.41, 5.74) is 3.01. The summed E-state index contributed by atoms with van der Waals surface area (Å²) >= 11 is 0. The lowest BCUT2D eigenvalue weighted by molar-refractivity contribution is -0.137. The number of anilines is 1. The number of rotatable bonds is 5. The van der Waals surface area contributed by atoms with Gasteiger partial charge in [-0.25, -0.2) is 4.79 Å². The van der Waals surface area contributed by atoms with Crippen LogP contribution in [-0.4, -0.2) is 18.6 Å². The van der Waals surface area contributed by atoms with Crippen molar-refractivity contribution in [3.05, 3.63) is 34.9 Å². The average molecular weight is 298 g/mol. The third-order valence-electron chi connectivity index (χ3n) is 3.91. The number of nitrogens with one attached hydrogen (secondary N) is 1. The summed E-state index contributed by atoms with van der Waals surface area (Å²) in [7, 11) is 0. The summed E-state index contributed by atoms with van der Waals surface area (Å²) in [6, 6.07) is 8.46. The molecule has 0 saturated heterocycles. The van der Waals surface area contributed by atoms with Crippen LogP contribution < -0.4 is 5.32 Å². The van der Waals surface area contributed by atoms with Crippen molar-refractivity contribution in [3.8, 4) is 6.07 Å². The second kappa shape index (κ2) is 7.65. The highest BCUT2D eigenvalue weighted by Gasteiger charge is 2.15. The van der Waals surface area contributed by atoms with Gasteiger partial charge in [0.05, 0.1) is 6.61 Å². The second-order valence-corrected chi connectivity index (χ2v) is 5.59. The van der Waals surface area contributed by atoms with Crippen molar-refractivity contribution in [1.82, 2.24) is 0 Å². The zero-order valence-corrected chi connectivity index (χ0v) is 13.2. The summed E-state index contributed by atoms with van der Waals surface area (Å²) in [5.74, 6) is -0.572. The molecule has 0 bridgehead atoms. The van der Waals surface area contributed by atoms with Crippen molar-refractivity contribution in [2.75, 3.05) is 11.9 Å². The Labute approximate surface area is 131 Å². The van der Waals surface area contributed by atoms with Gasteiger partial charge in [-0.3, -0.25) is 0 Å². The first kappa shape index (κ1) is 16.1. The number of carbonyl (C=O) groups excluding carboxylic acids is 1. The van der Waals surface area contributed by atoms with Crippen LogP contribution >= 0.6 is 0 Å². The van der Waals surface area contributed by atoms with E-state index in [0.29, 0.717) is 6.04 Å². The van der Waals surface area contributed by atoms with Gasteiger partial charge in [-0.05, 0) is 56.0 Å². The molecule has 2 rings (SSSR count). The Hall–Kier alpha value is -2.28. The molecule has 1 aromatic rings. The molecular formula is C18H22N2O2. The molecule has 1 saturated carbocycles. The number of nitrogens with zero attached hydrogens (tertiary/aromatic N) is 1. The maximum atomic E-state index is 11.7. The van der Waals surface area contributed by atoms with Crippen LogP contribution in [0, 0.1) is 18.3 Å². The maximum absolute atomic E-state index is 11.7. The number of benzene rings is 1. The van der Waals surface area contributed by atoms with E-state index in [1.165, 1.54) is 25.7 Å². The van der Waals surface area contributed by atoms with Gasteiger partial charge in [-0.1, -0.05) is 18.9 Å². The van der Waals surface area contributed by atoms with E-state index in [-0.39, 0.29) is 12.2 Å². The van der Waals surface area contributed by atoms with Crippen LogP contribution in [0.1, 0.15) is 43.7 Å². The fourth-order valence-electron chi connectivity index (χ4n) is 2.73. The smallest absolute Gasteiger partial charge is 0.348 e. The molecule has 1 aliphatic rings. The number of esters is 1. The van der Waals surface area contributed by atoms with Crippen LogP contribution in [0.3, 0.4) is 0 Å². The van der Waals surface area contributed by atoms with E-state index in [1.54, 1.807) is 13.0 Å². The first-order chi connectivity index (χ1) is 10.6. The minimum absolute atomic E-state index is 0.0291. The first-order valence-electron chi connectivity index (χ1n) is 7.80. The Morgan fingerprint density at radius 2 is 2.18 bits per heavy atom. The molecule has 0 spiro atoms. The van der Waals surface area contributed by atoms with E-state index < -0.39 is 5.97 Å². The van der Waals surface area contributed by atoms with Gasteiger partial charge in [0.25, 0.3) is 0 Å². The van der Waals surface area contributed by atoms with E-state index in [1.807, 2.05) is 25.1 Å². The molecule has 22 heavy (non-hydrogen) atoms. The predicted octanol–water partition coefficient (Wildman–Crippen LogP) is 3.82. The second-order valence-electron chi connectivity index (χ2n) is 5.59. The van der Waals surface area contributed by atoms with Gasteiger partial charge in [-0.15, -0.1) is 0 Å². The number of nitriles is 1. The van der Waals surface area contributed by atoms with Crippen molar-refractivity contribution in [2.45, 2.75) is 45.6 Å². The molecule has 0 radical (unpaired) electrons. The molecule has 1 aliphatic carbocycles. The zero-order valence-electron chi connectivity index (χ0n) is 13.2. The number of carbonyl (C=O) groups is 1. The normalized spacial score (nSPS) is 15.4. The lowest BCUT2D eigenvalue weighted by atomic mass is 10.0. The van der Waals surface area contributed by atoms with Crippen LogP contribution in [0.4, 0.5) is 5.69 Å². The van der Waals surface area contributed by atoms with E-state index in [4.69, 9.17) is 10.00 Å². The van der Waals surface area contributed by atoms with Crippen LogP contribution in [0.5, 0.6) is 0 Å². The molecule has 0 heterocycles. The van der Waals surface area contributed by atoms with Crippen molar-refractivity contribution in [1.29, 1.82) is 5.26 Å². The summed E-state index contributed by atoms with van der Waals surface area (Å²) < 4.78 is 4.88. The zero-order chi connectivity index (χ0) is 15.9. The monoisotopic (exact) mass is 298 g/mol. The van der Waals surface area contributed by atoms with Crippen LogP contribution in [-0.2, 0) is 9.53 Å². The van der Waals surface area contributed by atoms with Gasteiger partial charge in [0.1, 0.15) is 11.6 Å². The number of hydrogen-bond donors (Lipinski definition) is 1. The molecular weight excluding hydrogens is 276 g/mol. The molecule has 4 nitrogen and oxygen atoms in total. The van der Waals surface area contributed by atoms with Crippen LogP contribution in [0.25, 0.3) is 6.08 Å². The van der Waals surface area contributed by atoms with E-state index >= 15 is 0 Å². The molecule has 0 atom stereocenters. The average Bonchev–Trinajstić information content (AvgIpc) is 2.99. The van der Waals surface area contributed by atoms with Gasteiger partial charge in [0.15, 0.2) is 0 Å². The SMILES string of the molecule is CCOC(=O)/C(C#N)=C/c1ccc(NC2CCCC2)cc1C. The van der Waals surface area contributed by atoms with Gasteiger partial charge in [-0.2, -0.15) is 5.26 Å². The molecule has 0 aromatic heterocycles. The van der Waals surface area contributed by atoms with Crippen molar-refractivity contribution >= 4 is 17.7 Å². The Balaban J connectivity index is 2.14. The lowest BCUT2D eigenvalue weighted by Crippen LogP contribution is -2.14. The summed E-state index contributed by atoms with van der Waals surface area (Å²) in [6.07, 6.45) is 6.63. The molecule has 0 amide bonds. The lowest BCUT2D eigenvalue weighted by Gasteiger charge is -2.14. The van der Waals surface area contributed by atoms with Gasteiger partial charge >= 0.3 is 5.97 Å². The van der Waals surface area contributed by atoms with Crippen LogP contribution in [0.15, 0.2) is 23.8 Å². The maximum Gasteiger partial charge on any atom is 0.348 e. The van der Waals surface area contributed by atoms with E-state index in [0.717, 1.165) is 16.8 Å². The van der Waals surface area contributed by atoms with Gasteiger partial charge < -0.3 is 10.1 Å². The summed E-state index contributed by atoms with van der Waals surface area (Å²) in [5, 5.41) is 12.6. The Bertz CT molecular complexity index is 608. The van der Waals surface area contributed by atoms with Crippen LogP contribution in [0.2, 0.25) is 0 Å². The van der Waals surface area contributed by atoms with Crippen molar-refractivity contribution in [3.63, 3.8) is 0 Å². The van der Waals surface area contributed by atoms with Gasteiger partial charge in [0.2, 0.25) is 0 Å². The third kappa shape index (κ3) is 4.11. The largest absolute Gasteiger partial charge is 0.462 e. The van der Waals surface area contributed by atoms with Gasteiger partial charge in [0, 0.05) is 11.7 Å². The molecule has 4 heteroatoms. The Kier molecular flexibility index (Phi) is 5.60. The Morgan fingerprint density at radius 1 is 1.45 bits per heavy atom. The number of hydrogen-bond acceptors (Lipinski definition) is 4. The molecule has 1 fully saturated rings.